The number of amides is 2. The monoisotopic (exact) mass is 715 g/mol. The number of carbonyl (C=O) groups is 3. The zero-order valence-corrected chi connectivity index (χ0v) is 29.3. The van der Waals surface area contributed by atoms with Crippen LogP contribution in [0.25, 0.3) is 10.9 Å². The number of carbonyl (C=O) groups excluding carboxylic acids is 2. The van der Waals surface area contributed by atoms with Crippen molar-refractivity contribution in [3.05, 3.63) is 167 Å². The third kappa shape index (κ3) is 7.62. The number of halogens is 1. The number of carboxylic acid groups (broad SMARTS) is 1. The van der Waals surface area contributed by atoms with Gasteiger partial charge in [0.2, 0.25) is 0 Å². The van der Waals surface area contributed by atoms with Gasteiger partial charge in [0.25, 0.3) is 11.8 Å². The fourth-order valence-electron chi connectivity index (χ4n) is 6.05. The Balaban J connectivity index is 0.000000362. The highest BCUT2D eigenvalue weighted by Crippen LogP contribution is 2.43. The number of rotatable bonds is 9. The molecule has 0 fully saturated rings. The molecule has 0 unspecified atom stereocenters. The first-order chi connectivity index (χ1) is 24.9. The van der Waals surface area contributed by atoms with E-state index in [0.29, 0.717) is 16.6 Å². The van der Waals surface area contributed by atoms with Crippen LogP contribution < -0.4 is 15.8 Å². The molecule has 2 heterocycles. The second kappa shape index (κ2) is 15.0. The first-order valence-electron chi connectivity index (χ1n) is 16.4. The first-order valence-corrected chi connectivity index (χ1v) is 19.0. The Hall–Kier alpha value is -6.12. The fourth-order valence-corrected chi connectivity index (χ4v) is 6.92. The predicted molar refractivity (Wildman–Crippen MR) is 199 cm³/mol. The maximum atomic E-state index is 14.0. The Morgan fingerprint density at radius 3 is 1.96 bits per heavy atom. The average molecular weight is 716 g/mol. The predicted octanol–water partition coefficient (Wildman–Crippen LogP) is 7.48. The van der Waals surface area contributed by atoms with Crippen molar-refractivity contribution in [1.29, 1.82) is 0 Å². The van der Waals surface area contributed by atoms with Crippen LogP contribution in [0.4, 0.5) is 10.1 Å². The zero-order valence-electron chi connectivity index (χ0n) is 28.4. The molecule has 262 valence electrons. The van der Waals surface area contributed by atoms with Crippen molar-refractivity contribution in [2.45, 2.75) is 19.1 Å². The minimum atomic E-state index is -2.09. The number of imide groups is 1. The Bertz CT molecular complexity index is 2270. The molecule has 9 nitrogen and oxygen atoms in total. The number of nitrogens with zero attached hydrogens (tertiary/aromatic N) is 2. The van der Waals surface area contributed by atoms with E-state index in [2.05, 4.69) is 4.98 Å². The number of nitrogen functional groups attached to an aromatic ring is 1. The number of fused-ring (bicyclic) bond motifs is 2. The number of aliphatic carboxylic acids is 1. The van der Waals surface area contributed by atoms with Gasteiger partial charge in [0.05, 0.1) is 24.1 Å². The van der Waals surface area contributed by atoms with Crippen LogP contribution in [0.2, 0.25) is 0 Å². The molecular formula is C41H35FN3O6P. The summed E-state index contributed by atoms with van der Waals surface area (Å²) in [4.78, 5) is 45.4. The largest absolute Gasteiger partial charge is 0.481 e. The summed E-state index contributed by atoms with van der Waals surface area (Å²) in [6.45, 7) is 3.38. The van der Waals surface area contributed by atoms with Crippen molar-refractivity contribution < 1.29 is 33.2 Å². The van der Waals surface area contributed by atoms with Crippen molar-refractivity contribution in [1.82, 2.24) is 9.88 Å². The third-order valence-corrected chi connectivity index (χ3v) is 10.1. The topological polar surface area (TPSA) is 140 Å². The highest BCUT2D eigenvalue weighted by Gasteiger charge is 2.43. The fraction of sp³-hybridized carbons (Fsp3) is 0.122. The van der Waals surface area contributed by atoms with E-state index in [-0.39, 0.29) is 34.5 Å². The van der Waals surface area contributed by atoms with Gasteiger partial charge in [0, 0.05) is 22.6 Å². The summed E-state index contributed by atoms with van der Waals surface area (Å²) in [7, 11) is -2.09. The van der Waals surface area contributed by atoms with Crippen molar-refractivity contribution in [3.8, 4) is 5.75 Å². The Morgan fingerprint density at radius 2 is 1.40 bits per heavy atom. The van der Waals surface area contributed by atoms with Gasteiger partial charge in [0.1, 0.15) is 24.6 Å². The van der Waals surface area contributed by atoms with Crippen LogP contribution in [-0.2, 0) is 22.3 Å². The van der Waals surface area contributed by atoms with E-state index in [1.54, 1.807) is 37.6 Å². The average Bonchev–Trinajstić information content (AvgIpc) is 3.38. The molecule has 0 saturated heterocycles. The molecule has 0 saturated carbocycles. The van der Waals surface area contributed by atoms with E-state index >= 15 is 0 Å². The van der Waals surface area contributed by atoms with Crippen LogP contribution >= 0.6 is 7.14 Å². The van der Waals surface area contributed by atoms with E-state index in [9.17, 15) is 28.4 Å². The number of carboxylic acids is 1. The van der Waals surface area contributed by atoms with Crippen LogP contribution in [0.3, 0.4) is 0 Å². The molecule has 0 radical (unpaired) electrons. The van der Waals surface area contributed by atoms with Crippen LogP contribution in [0.1, 0.15) is 49.1 Å². The summed E-state index contributed by atoms with van der Waals surface area (Å²) in [5, 5.41) is 11.0. The van der Waals surface area contributed by atoms with Gasteiger partial charge in [0.15, 0.2) is 5.75 Å². The summed E-state index contributed by atoms with van der Waals surface area (Å²) < 4.78 is 31.7. The number of aromatic nitrogens is 1. The number of benzene rings is 5. The SMILES string of the molecule is CP(C)(=O)c1ccc(N)cc1.O=C(O)Cc1c2c(c(OC(c3ccccc3)c3ccccc3)c3ncccc13)C(=O)N(Cc1ccc(F)cc1)C2=O. The lowest BCUT2D eigenvalue weighted by Gasteiger charge is -2.23. The number of nitrogens with two attached hydrogens (primary N) is 1. The Kier molecular flexibility index (Phi) is 10.3. The van der Waals surface area contributed by atoms with Crippen molar-refractivity contribution in [2.24, 2.45) is 0 Å². The minimum Gasteiger partial charge on any atom is -0.481 e. The van der Waals surface area contributed by atoms with E-state index < -0.39 is 43.3 Å². The van der Waals surface area contributed by atoms with Gasteiger partial charge >= 0.3 is 5.97 Å². The van der Waals surface area contributed by atoms with Gasteiger partial charge in [-0.15, -0.1) is 0 Å². The molecule has 0 atom stereocenters. The molecule has 1 aromatic heterocycles. The van der Waals surface area contributed by atoms with Gasteiger partial charge in [-0.25, -0.2) is 4.39 Å². The standard InChI is InChI=1S/C33H23FN2O5.C8H12NOP/c34-23-15-13-20(14-16-23)19-36-32(39)27-25(18-26(37)38)24-12-7-17-35-29(24)31(28(27)33(36)40)41-30(21-8-3-1-4-9-21)22-10-5-2-6-11-22;1-11(2,10)8-5-3-7(9)4-6-8/h1-17,30H,18-19H2,(H,37,38);3-6H,9H2,1-2H3. The maximum absolute atomic E-state index is 14.0. The number of hydrogen-bond donors (Lipinski definition) is 2. The quantitative estimate of drug-likeness (QED) is 0.0893. The molecule has 52 heavy (non-hydrogen) atoms. The molecule has 0 aliphatic carbocycles. The lowest BCUT2D eigenvalue weighted by atomic mass is 9.93. The summed E-state index contributed by atoms with van der Waals surface area (Å²) in [6, 6.07) is 34.9. The number of ether oxygens (including phenoxy) is 1. The summed E-state index contributed by atoms with van der Waals surface area (Å²) in [5.74, 6) is -2.78. The molecule has 0 spiro atoms. The molecule has 11 heteroatoms. The van der Waals surface area contributed by atoms with Gasteiger partial charge in [-0.05, 0) is 78.0 Å². The van der Waals surface area contributed by atoms with Crippen molar-refractivity contribution >= 4 is 46.8 Å². The van der Waals surface area contributed by atoms with E-state index in [4.69, 9.17) is 10.5 Å². The number of hydrogen-bond acceptors (Lipinski definition) is 7. The Labute approximate surface area is 299 Å². The second-order valence-electron chi connectivity index (χ2n) is 12.6. The van der Waals surface area contributed by atoms with Gasteiger partial charge in [-0.3, -0.25) is 24.3 Å². The van der Waals surface area contributed by atoms with Gasteiger partial charge < -0.3 is 20.1 Å². The highest BCUT2D eigenvalue weighted by atomic mass is 31.2. The van der Waals surface area contributed by atoms with Crippen LogP contribution in [-0.4, -0.2) is 46.1 Å². The number of anilines is 1. The molecule has 2 amide bonds. The summed E-state index contributed by atoms with van der Waals surface area (Å²) in [6.07, 6.45) is 0.379. The smallest absolute Gasteiger partial charge is 0.307 e. The molecule has 5 aromatic carbocycles. The maximum Gasteiger partial charge on any atom is 0.307 e. The molecule has 7 rings (SSSR count). The van der Waals surface area contributed by atoms with Crippen molar-refractivity contribution in [2.75, 3.05) is 19.1 Å². The van der Waals surface area contributed by atoms with Crippen LogP contribution in [0.5, 0.6) is 5.75 Å². The first kappa shape index (κ1) is 35.7. The lowest BCUT2D eigenvalue weighted by Crippen LogP contribution is -2.29. The van der Waals surface area contributed by atoms with Crippen LogP contribution in [0, 0.1) is 5.82 Å². The van der Waals surface area contributed by atoms with Crippen molar-refractivity contribution in [3.63, 3.8) is 0 Å². The van der Waals surface area contributed by atoms with Gasteiger partial charge in [-0.2, -0.15) is 0 Å². The molecule has 6 aromatic rings. The van der Waals surface area contributed by atoms with Crippen LogP contribution in [0.15, 0.2) is 128 Å². The molecule has 3 N–H and O–H groups in total. The normalized spacial score (nSPS) is 12.4. The van der Waals surface area contributed by atoms with E-state index in [0.717, 1.165) is 21.3 Å². The van der Waals surface area contributed by atoms with E-state index in [1.807, 2.05) is 72.8 Å². The molecule has 1 aliphatic heterocycles. The zero-order chi connectivity index (χ0) is 37.0. The summed E-state index contributed by atoms with van der Waals surface area (Å²) in [5.41, 5.74) is 8.78. The van der Waals surface area contributed by atoms with E-state index in [1.165, 1.54) is 30.5 Å². The summed E-state index contributed by atoms with van der Waals surface area (Å²) >= 11 is 0. The lowest BCUT2D eigenvalue weighted by molar-refractivity contribution is -0.136. The minimum absolute atomic E-state index is 0.0186. The Morgan fingerprint density at radius 1 is 0.827 bits per heavy atom. The molecular weight excluding hydrogens is 680 g/mol. The third-order valence-electron chi connectivity index (χ3n) is 8.58. The number of pyridine rings is 1. The molecule has 1 aliphatic rings. The molecule has 0 bridgehead atoms. The van der Waals surface area contributed by atoms with Gasteiger partial charge in [-0.1, -0.05) is 78.9 Å². The highest BCUT2D eigenvalue weighted by molar-refractivity contribution is 7.70. The second-order valence-corrected chi connectivity index (χ2v) is 15.8.